The van der Waals surface area contributed by atoms with Crippen molar-refractivity contribution in [1.29, 1.82) is 0 Å². The fourth-order valence-corrected chi connectivity index (χ4v) is 1.20. The first-order valence-corrected chi connectivity index (χ1v) is 3.87. The third-order valence-electron chi connectivity index (χ3n) is 0.977. The van der Waals surface area contributed by atoms with Gasteiger partial charge in [-0.1, -0.05) is 0 Å². The zero-order valence-corrected chi connectivity index (χ0v) is 6.46. The monoisotopic (exact) mass is 142 g/mol. The highest BCUT2D eigenvalue weighted by molar-refractivity contribution is 7.09. The van der Waals surface area contributed by atoms with Crippen LogP contribution in [0.3, 0.4) is 0 Å². The Bertz CT molecular complexity index is 183. The highest BCUT2D eigenvalue weighted by atomic mass is 32.1. The molecule has 1 aromatic heterocycles. The van der Waals surface area contributed by atoms with Crippen LogP contribution in [-0.2, 0) is 0 Å². The van der Waals surface area contributed by atoms with Crippen LogP contribution >= 0.6 is 11.3 Å². The predicted molar refractivity (Wildman–Crippen MR) is 41.0 cm³/mol. The molecule has 0 fully saturated rings. The Labute approximate surface area is 58.9 Å². The Morgan fingerprint density at radius 2 is 2.56 bits per heavy atom. The van der Waals surface area contributed by atoms with Gasteiger partial charge in [-0.25, -0.2) is 4.98 Å². The topological polar surface area (TPSA) is 24.9 Å². The Balaban J connectivity index is 2.61. The van der Waals surface area contributed by atoms with E-state index < -0.39 is 0 Å². The van der Waals surface area contributed by atoms with E-state index >= 15 is 0 Å². The molecule has 0 aromatic carbocycles. The summed E-state index contributed by atoms with van der Waals surface area (Å²) in [6, 6.07) is 0. The molecule has 0 spiro atoms. The van der Waals surface area contributed by atoms with Gasteiger partial charge in [-0.2, -0.15) is 0 Å². The van der Waals surface area contributed by atoms with Gasteiger partial charge in [0.2, 0.25) is 0 Å². The molecule has 1 heterocycles. The summed E-state index contributed by atoms with van der Waals surface area (Å²) < 4.78 is 0. The lowest BCUT2D eigenvalue weighted by Crippen LogP contribution is -1.95. The second kappa shape index (κ2) is 2.82. The lowest BCUT2D eigenvalue weighted by molar-refractivity contribution is 1.16. The van der Waals surface area contributed by atoms with Gasteiger partial charge >= 0.3 is 0 Å². The number of nitrogens with zero attached hydrogens (tertiary/aromatic N) is 1. The highest BCUT2D eigenvalue weighted by Gasteiger charge is 1.92. The molecule has 0 radical (unpaired) electrons. The summed E-state index contributed by atoms with van der Waals surface area (Å²) in [6.45, 7) is 5.02. The molecule has 0 aliphatic carbocycles. The van der Waals surface area contributed by atoms with Crippen LogP contribution < -0.4 is 5.32 Å². The van der Waals surface area contributed by atoms with E-state index in [2.05, 4.69) is 17.2 Å². The third kappa shape index (κ3) is 1.68. The minimum Gasteiger partial charge on any atom is -0.370 e. The first-order chi connectivity index (χ1) is 4.33. The lowest BCUT2D eigenvalue weighted by Gasteiger charge is -1.92. The fraction of sp³-hybridized carbons (Fsp3) is 0.500. The molecule has 0 saturated heterocycles. The molecule has 9 heavy (non-hydrogen) atoms. The SMILES string of the molecule is CCNc1csc(C)n1. The summed E-state index contributed by atoms with van der Waals surface area (Å²) in [5.41, 5.74) is 0. The van der Waals surface area contributed by atoms with Gasteiger partial charge in [-0.15, -0.1) is 11.3 Å². The zero-order valence-electron chi connectivity index (χ0n) is 5.64. The number of thiazole rings is 1. The number of aromatic nitrogens is 1. The minimum atomic E-state index is 0.948. The summed E-state index contributed by atoms with van der Waals surface area (Å²) in [7, 11) is 0. The van der Waals surface area contributed by atoms with Crippen molar-refractivity contribution >= 4 is 17.2 Å². The van der Waals surface area contributed by atoms with Gasteiger partial charge in [0.1, 0.15) is 5.82 Å². The Morgan fingerprint density at radius 1 is 1.78 bits per heavy atom. The molecule has 1 N–H and O–H groups in total. The van der Waals surface area contributed by atoms with Gasteiger partial charge in [0.05, 0.1) is 5.01 Å². The predicted octanol–water partition coefficient (Wildman–Crippen LogP) is 1.88. The molecule has 0 atom stereocenters. The number of aryl methyl sites for hydroxylation is 1. The van der Waals surface area contributed by atoms with Crippen molar-refractivity contribution in [3.63, 3.8) is 0 Å². The number of hydrogen-bond donors (Lipinski definition) is 1. The summed E-state index contributed by atoms with van der Waals surface area (Å²) >= 11 is 1.67. The molecule has 0 aliphatic heterocycles. The second-order valence-electron chi connectivity index (χ2n) is 1.78. The minimum absolute atomic E-state index is 0.948. The first kappa shape index (κ1) is 6.55. The van der Waals surface area contributed by atoms with E-state index in [9.17, 15) is 0 Å². The molecule has 0 amide bonds. The molecule has 1 aromatic rings. The normalized spacial score (nSPS) is 9.56. The van der Waals surface area contributed by atoms with Crippen LogP contribution in [0.2, 0.25) is 0 Å². The van der Waals surface area contributed by atoms with E-state index in [0.29, 0.717) is 0 Å². The van der Waals surface area contributed by atoms with E-state index in [4.69, 9.17) is 0 Å². The number of rotatable bonds is 2. The maximum atomic E-state index is 4.21. The Morgan fingerprint density at radius 3 is 3.00 bits per heavy atom. The van der Waals surface area contributed by atoms with Gasteiger partial charge in [0.15, 0.2) is 0 Å². The Kier molecular flexibility index (Phi) is 2.05. The molecule has 2 nitrogen and oxygen atoms in total. The quantitative estimate of drug-likeness (QED) is 0.682. The van der Waals surface area contributed by atoms with Crippen molar-refractivity contribution in [2.45, 2.75) is 13.8 Å². The van der Waals surface area contributed by atoms with Crippen LogP contribution in [-0.4, -0.2) is 11.5 Å². The maximum absolute atomic E-state index is 4.21. The fourth-order valence-electron chi connectivity index (χ4n) is 0.626. The highest BCUT2D eigenvalue weighted by Crippen LogP contribution is 2.11. The zero-order chi connectivity index (χ0) is 6.69. The van der Waals surface area contributed by atoms with Crippen LogP contribution in [0.4, 0.5) is 5.82 Å². The summed E-state index contributed by atoms with van der Waals surface area (Å²) in [4.78, 5) is 4.21. The van der Waals surface area contributed by atoms with Crippen LogP contribution in [0.5, 0.6) is 0 Å². The van der Waals surface area contributed by atoms with E-state index in [1.807, 2.05) is 12.3 Å². The van der Waals surface area contributed by atoms with Crippen molar-refractivity contribution in [3.8, 4) is 0 Å². The summed E-state index contributed by atoms with van der Waals surface area (Å²) in [5, 5.41) is 6.27. The summed E-state index contributed by atoms with van der Waals surface area (Å²) in [6.07, 6.45) is 0. The molecular formula is C6H10N2S. The van der Waals surface area contributed by atoms with E-state index in [0.717, 1.165) is 17.4 Å². The van der Waals surface area contributed by atoms with Gasteiger partial charge in [0.25, 0.3) is 0 Å². The summed E-state index contributed by atoms with van der Waals surface area (Å²) in [5.74, 6) is 1.00. The lowest BCUT2D eigenvalue weighted by atomic mass is 10.7. The van der Waals surface area contributed by atoms with Crippen molar-refractivity contribution in [2.75, 3.05) is 11.9 Å². The van der Waals surface area contributed by atoms with Crippen molar-refractivity contribution in [3.05, 3.63) is 10.4 Å². The van der Waals surface area contributed by atoms with Gasteiger partial charge in [0, 0.05) is 11.9 Å². The number of nitrogens with one attached hydrogen (secondary N) is 1. The van der Waals surface area contributed by atoms with Gasteiger partial charge in [-0.3, -0.25) is 0 Å². The van der Waals surface area contributed by atoms with Crippen LogP contribution in [0.25, 0.3) is 0 Å². The first-order valence-electron chi connectivity index (χ1n) is 2.99. The second-order valence-corrected chi connectivity index (χ2v) is 2.84. The standard InChI is InChI=1S/C6H10N2S/c1-3-7-6-4-9-5(2)8-6/h4,7H,3H2,1-2H3. The maximum Gasteiger partial charge on any atom is 0.137 e. The third-order valence-corrected chi connectivity index (χ3v) is 1.75. The number of anilines is 1. The molecular weight excluding hydrogens is 132 g/mol. The number of hydrogen-bond acceptors (Lipinski definition) is 3. The van der Waals surface area contributed by atoms with Crippen molar-refractivity contribution in [1.82, 2.24) is 4.98 Å². The van der Waals surface area contributed by atoms with E-state index in [1.165, 1.54) is 0 Å². The average Bonchev–Trinajstić information content (AvgIpc) is 2.17. The van der Waals surface area contributed by atoms with Gasteiger partial charge < -0.3 is 5.32 Å². The molecule has 0 unspecified atom stereocenters. The smallest absolute Gasteiger partial charge is 0.137 e. The molecule has 1 rings (SSSR count). The van der Waals surface area contributed by atoms with E-state index in [1.54, 1.807) is 11.3 Å². The van der Waals surface area contributed by atoms with Crippen LogP contribution in [0.1, 0.15) is 11.9 Å². The molecule has 0 aliphatic rings. The molecule has 0 saturated carbocycles. The van der Waals surface area contributed by atoms with E-state index in [-0.39, 0.29) is 0 Å². The van der Waals surface area contributed by atoms with Crippen LogP contribution in [0.15, 0.2) is 5.38 Å². The van der Waals surface area contributed by atoms with Crippen molar-refractivity contribution < 1.29 is 0 Å². The van der Waals surface area contributed by atoms with Crippen LogP contribution in [0, 0.1) is 6.92 Å². The molecule has 0 bridgehead atoms. The van der Waals surface area contributed by atoms with Crippen molar-refractivity contribution in [2.24, 2.45) is 0 Å². The molecule has 50 valence electrons. The average molecular weight is 142 g/mol. The molecule has 3 heteroatoms. The largest absolute Gasteiger partial charge is 0.370 e. The van der Waals surface area contributed by atoms with Gasteiger partial charge in [-0.05, 0) is 13.8 Å². The Hall–Kier alpha value is -0.570.